The van der Waals surface area contributed by atoms with Crippen LogP contribution in [0.2, 0.25) is 0 Å². The molecule has 0 aromatic heterocycles. The number of nitrogens with zero attached hydrogens (tertiary/aromatic N) is 1. The van der Waals surface area contributed by atoms with Gasteiger partial charge in [0.1, 0.15) is 23.9 Å². The Labute approximate surface area is 206 Å². The summed E-state index contributed by atoms with van der Waals surface area (Å²) in [6.07, 6.45) is 3.93. The van der Waals surface area contributed by atoms with Crippen LogP contribution in [0.3, 0.4) is 0 Å². The van der Waals surface area contributed by atoms with E-state index in [1.165, 1.54) is 32.4 Å². The number of likely N-dealkylation sites (tertiary alicyclic amines) is 1. The van der Waals surface area contributed by atoms with Crippen LogP contribution >= 0.6 is 0 Å². The van der Waals surface area contributed by atoms with Crippen LogP contribution in [-0.4, -0.2) is 41.4 Å². The normalized spacial score (nSPS) is 14.2. The van der Waals surface area contributed by atoms with Crippen molar-refractivity contribution < 1.29 is 14.9 Å². The maximum absolute atomic E-state index is 10.2. The lowest BCUT2D eigenvalue weighted by molar-refractivity contribution is 0.183. The second-order valence-corrected chi connectivity index (χ2v) is 9.33. The van der Waals surface area contributed by atoms with E-state index in [4.69, 9.17) is 4.74 Å². The number of rotatable bonds is 7. The molecular weight excluding hydrogens is 436 g/mol. The lowest BCUT2D eigenvalue weighted by Gasteiger charge is -2.26. The van der Waals surface area contributed by atoms with Gasteiger partial charge in [0.15, 0.2) is 0 Å². The van der Waals surface area contributed by atoms with Crippen molar-refractivity contribution in [3.8, 4) is 28.4 Å². The van der Waals surface area contributed by atoms with Crippen LogP contribution in [0.15, 0.2) is 72.8 Å². The van der Waals surface area contributed by atoms with Gasteiger partial charge in [-0.2, -0.15) is 0 Å². The molecule has 0 aliphatic carbocycles. The lowest BCUT2D eigenvalue weighted by Crippen LogP contribution is -2.33. The van der Waals surface area contributed by atoms with Crippen LogP contribution in [0, 0.1) is 6.92 Å². The topological polar surface area (TPSA) is 65.0 Å². The molecule has 35 heavy (non-hydrogen) atoms. The summed E-state index contributed by atoms with van der Waals surface area (Å²) in [5.41, 5.74) is 4.87. The van der Waals surface area contributed by atoms with Crippen molar-refractivity contribution in [2.45, 2.75) is 26.2 Å². The smallest absolute Gasteiger partial charge is 0.119 e. The van der Waals surface area contributed by atoms with Crippen molar-refractivity contribution in [1.82, 2.24) is 4.90 Å². The number of benzene rings is 4. The standard InChI is InChI=1S/C30H32N2O3/c1-21-17-27(35-16-15-32-13-3-2-4-14-32)10-12-29(21)31-30-20-26(34)9-11-28(30)24-6-5-23-19-25(33)8-7-22(23)18-24/h5-12,17-20,31,33-34H,2-4,13-16H2,1H3. The lowest BCUT2D eigenvalue weighted by atomic mass is 9.99. The molecule has 0 atom stereocenters. The number of hydrogen-bond acceptors (Lipinski definition) is 5. The number of hydrogen-bond donors (Lipinski definition) is 3. The van der Waals surface area contributed by atoms with Gasteiger partial charge in [0.05, 0.1) is 5.69 Å². The minimum absolute atomic E-state index is 0.206. The van der Waals surface area contributed by atoms with E-state index < -0.39 is 0 Å². The number of fused-ring (bicyclic) bond motifs is 1. The van der Waals surface area contributed by atoms with Crippen LogP contribution in [0.5, 0.6) is 17.2 Å². The van der Waals surface area contributed by atoms with E-state index in [0.717, 1.165) is 51.1 Å². The average molecular weight is 469 g/mol. The molecule has 3 N–H and O–H groups in total. The summed E-state index contributed by atoms with van der Waals surface area (Å²) in [5, 5.41) is 25.5. The second-order valence-electron chi connectivity index (χ2n) is 9.33. The first kappa shape index (κ1) is 23.1. The fourth-order valence-corrected chi connectivity index (χ4v) is 4.77. The summed E-state index contributed by atoms with van der Waals surface area (Å²) >= 11 is 0. The van der Waals surface area contributed by atoms with Crippen LogP contribution in [0.25, 0.3) is 21.9 Å². The number of phenols is 2. The predicted molar refractivity (Wildman–Crippen MR) is 143 cm³/mol. The van der Waals surface area contributed by atoms with E-state index in [1.54, 1.807) is 24.3 Å². The first-order valence-corrected chi connectivity index (χ1v) is 12.3. The fraction of sp³-hybridized carbons (Fsp3) is 0.267. The van der Waals surface area contributed by atoms with Gasteiger partial charge in [-0.1, -0.05) is 24.6 Å². The van der Waals surface area contributed by atoms with Gasteiger partial charge < -0.3 is 20.3 Å². The van der Waals surface area contributed by atoms with Gasteiger partial charge in [-0.15, -0.1) is 0 Å². The minimum atomic E-state index is 0.206. The zero-order chi connectivity index (χ0) is 24.2. The molecule has 0 bridgehead atoms. The Hall–Kier alpha value is -3.70. The predicted octanol–water partition coefficient (Wildman–Crippen LogP) is 6.83. The molecule has 1 heterocycles. The Bertz CT molecular complexity index is 1330. The Morgan fingerprint density at radius 1 is 0.771 bits per heavy atom. The first-order valence-electron chi connectivity index (χ1n) is 12.3. The molecule has 0 radical (unpaired) electrons. The third-order valence-electron chi connectivity index (χ3n) is 6.73. The van der Waals surface area contributed by atoms with Gasteiger partial charge >= 0.3 is 0 Å². The van der Waals surface area contributed by atoms with Gasteiger partial charge in [0.25, 0.3) is 0 Å². The van der Waals surface area contributed by atoms with E-state index in [2.05, 4.69) is 29.3 Å². The van der Waals surface area contributed by atoms with Crippen LogP contribution in [-0.2, 0) is 0 Å². The Kier molecular flexibility index (Phi) is 6.77. The molecule has 5 heteroatoms. The Balaban J connectivity index is 1.33. The number of aryl methyl sites for hydroxylation is 1. The molecule has 0 saturated carbocycles. The monoisotopic (exact) mass is 468 g/mol. The summed E-state index contributed by atoms with van der Waals surface area (Å²) in [6.45, 7) is 6.08. The van der Waals surface area contributed by atoms with Crippen molar-refractivity contribution in [3.63, 3.8) is 0 Å². The van der Waals surface area contributed by atoms with Crippen molar-refractivity contribution in [3.05, 3.63) is 78.4 Å². The van der Waals surface area contributed by atoms with Crippen LogP contribution in [0.1, 0.15) is 24.8 Å². The maximum Gasteiger partial charge on any atom is 0.119 e. The van der Waals surface area contributed by atoms with Crippen molar-refractivity contribution in [2.75, 3.05) is 31.6 Å². The zero-order valence-electron chi connectivity index (χ0n) is 20.1. The number of ether oxygens (including phenoxy) is 1. The summed E-state index contributed by atoms with van der Waals surface area (Å²) in [7, 11) is 0. The van der Waals surface area contributed by atoms with E-state index >= 15 is 0 Å². The highest BCUT2D eigenvalue weighted by Crippen LogP contribution is 2.36. The van der Waals surface area contributed by atoms with Gasteiger partial charge in [-0.3, -0.25) is 4.90 Å². The largest absolute Gasteiger partial charge is 0.508 e. The molecule has 1 aliphatic heterocycles. The molecule has 0 spiro atoms. The molecule has 1 aliphatic rings. The quantitative estimate of drug-likeness (QED) is 0.277. The van der Waals surface area contributed by atoms with Crippen molar-refractivity contribution in [2.24, 2.45) is 0 Å². The van der Waals surface area contributed by atoms with E-state index in [1.807, 2.05) is 36.4 Å². The number of phenolic OH excluding ortho intramolecular Hbond substituents is 2. The maximum atomic E-state index is 10.2. The summed E-state index contributed by atoms with van der Waals surface area (Å²) in [6, 6.07) is 23.0. The molecule has 0 unspecified atom stereocenters. The zero-order valence-corrected chi connectivity index (χ0v) is 20.1. The Morgan fingerprint density at radius 2 is 1.51 bits per heavy atom. The van der Waals surface area contributed by atoms with Crippen molar-refractivity contribution in [1.29, 1.82) is 0 Å². The van der Waals surface area contributed by atoms with Gasteiger partial charge in [0.2, 0.25) is 0 Å². The van der Waals surface area contributed by atoms with Gasteiger partial charge in [-0.25, -0.2) is 0 Å². The fourth-order valence-electron chi connectivity index (χ4n) is 4.77. The number of anilines is 2. The SMILES string of the molecule is Cc1cc(OCCN2CCCCC2)ccc1Nc1cc(O)ccc1-c1ccc2cc(O)ccc2c1. The molecule has 4 aromatic carbocycles. The van der Waals surface area contributed by atoms with E-state index in [-0.39, 0.29) is 11.5 Å². The second kappa shape index (κ2) is 10.3. The molecule has 5 rings (SSSR count). The number of piperidine rings is 1. The highest BCUT2D eigenvalue weighted by molar-refractivity contribution is 5.91. The van der Waals surface area contributed by atoms with Gasteiger partial charge in [-0.05, 0) is 103 Å². The van der Waals surface area contributed by atoms with Crippen LogP contribution in [0.4, 0.5) is 11.4 Å². The molecule has 0 amide bonds. The first-order chi connectivity index (χ1) is 17.0. The molecular formula is C30H32N2O3. The van der Waals surface area contributed by atoms with E-state index in [9.17, 15) is 10.2 Å². The van der Waals surface area contributed by atoms with Crippen LogP contribution < -0.4 is 10.1 Å². The highest BCUT2D eigenvalue weighted by Gasteiger charge is 2.12. The summed E-state index contributed by atoms with van der Waals surface area (Å²) < 4.78 is 6.03. The molecule has 180 valence electrons. The number of nitrogens with one attached hydrogen (secondary N) is 1. The van der Waals surface area contributed by atoms with Crippen molar-refractivity contribution >= 4 is 22.1 Å². The summed E-state index contributed by atoms with van der Waals surface area (Å²) in [4.78, 5) is 2.48. The third-order valence-corrected chi connectivity index (χ3v) is 6.73. The molecule has 1 fully saturated rings. The number of aromatic hydroxyl groups is 2. The third kappa shape index (κ3) is 5.52. The van der Waals surface area contributed by atoms with Gasteiger partial charge in [0, 0.05) is 23.9 Å². The molecule has 1 saturated heterocycles. The molecule has 4 aromatic rings. The molecule has 5 nitrogen and oxygen atoms in total. The minimum Gasteiger partial charge on any atom is -0.508 e. The Morgan fingerprint density at radius 3 is 2.34 bits per heavy atom. The van der Waals surface area contributed by atoms with E-state index in [0.29, 0.717) is 6.61 Å². The average Bonchev–Trinajstić information content (AvgIpc) is 2.86. The highest BCUT2D eigenvalue weighted by atomic mass is 16.5. The summed E-state index contributed by atoms with van der Waals surface area (Å²) in [5.74, 6) is 1.34.